The van der Waals surface area contributed by atoms with Gasteiger partial charge in [-0.2, -0.15) is 4.98 Å². The molecular formula is C33H21F2N5O10S. The fraction of sp³-hybridized carbons (Fsp3) is 0.0909. The number of nitrogens with two attached hydrogens (primary N) is 1. The number of anilines is 1. The van der Waals surface area contributed by atoms with Gasteiger partial charge in [0.1, 0.15) is 33.9 Å². The summed E-state index contributed by atoms with van der Waals surface area (Å²) >= 11 is 0. The lowest BCUT2D eigenvalue weighted by molar-refractivity contribution is 0.520. The molecule has 7 aromatic rings. The van der Waals surface area contributed by atoms with E-state index in [9.17, 15) is 27.6 Å². The van der Waals surface area contributed by atoms with Crippen LogP contribution in [0.3, 0.4) is 0 Å². The Kier molecular flexibility index (Phi) is 7.74. The lowest BCUT2D eigenvalue weighted by Gasteiger charge is -2.13. The molecule has 0 fully saturated rings. The van der Waals surface area contributed by atoms with Crippen LogP contribution in [0.1, 0.15) is 13.8 Å². The van der Waals surface area contributed by atoms with Crippen molar-refractivity contribution < 1.29 is 34.9 Å². The van der Waals surface area contributed by atoms with Gasteiger partial charge in [0.15, 0.2) is 11.4 Å². The van der Waals surface area contributed by atoms with Gasteiger partial charge in [0, 0.05) is 29.8 Å². The zero-order valence-electron chi connectivity index (χ0n) is 26.1. The van der Waals surface area contributed by atoms with Crippen LogP contribution in [-0.2, 0) is 10.0 Å². The first-order valence-electron chi connectivity index (χ1n) is 14.8. The van der Waals surface area contributed by atoms with Gasteiger partial charge in [-0.3, -0.25) is 4.40 Å². The van der Waals surface area contributed by atoms with Crippen LogP contribution in [0.2, 0.25) is 0 Å². The Morgan fingerprint density at radius 1 is 0.686 bits per heavy atom. The maximum absolute atomic E-state index is 15.7. The van der Waals surface area contributed by atoms with Crippen LogP contribution in [-0.4, -0.2) is 32.0 Å². The van der Waals surface area contributed by atoms with Crippen molar-refractivity contribution in [3.8, 4) is 22.6 Å². The maximum Gasteiger partial charge on any atom is 0.337 e. The smallest absolute Gasteiger partial charge is 0.337 e. The lowest BCUT2D eigenvalue weighted by Crippen LogP contribution is -2.24. The van der Waals surface area contributed by atoms with Crippen molar-refractivity contribution in [3.05, 3.63) is 126 Å². The van der Waals surface area contributed by atoms with Crippen LogP contribution >= 0.6 is 0 Å². The molecule has 7 rings (SSSR count). The third-order valence-electron chi connectivity index (χ3n) is 7.60. The number of aromatic nitrogens is 4. The van der Waals surface area contributed by atoms with Gasteiger partial charge in [-0.1, -0.05) is 36.4 Å². The summed E-state index contributed by atoms with van der Waals surface area (Å²) in [4.78, 5) is 60.9. The quantitative estimate of drug-likeness (QED) is 0.269. The first-order chi connectivity index (χ1) is 24.3. The fourth-order valence-corrected chi connectivity index (χ4v) is 6.54. The first-order valence-corrected chi connectivity index (χ1v) is 16.3. The molecule has 258 valence electrons. The third-order valence-corrected chi connectivity index (χ3v) is 9.67. The van der Waals surface area contributed by atoms with Crippen molar-refractivity contribution in [1.82, 2.24) is 18.3 Å². The Balaban J connectivity index is 2.04. The normalized spacial score (nSPS) is 11.9. The van der Waals surface area contributed by atoms with E-state index in [-0.39, 0.29) is 11.3 Å². The number of benzene rings is 3. The topological polar surface area (TPSA) is 216 Å². The zero-order valence-corrected chi connectivity index (χ0v) is 26.9. The van der Waals surface area contributed by atoms with Gasteiger partial charge in [0.25, 0.3) is 0 Å². The number of halogens is 2. The Hall–Kier alpha value is -6.69. The minimum absolute atomic E-state index is 0.169. The summed E-state index contributed by atoms with van der Waals surface area (Å²) < 4.78 is 83.0. The Morgan fingerprint density at radius 3 is 1.82 bits per heavy atom. The van der Waals surface area contributed by atoms with Crippen LogP contribution in [0.15, 0.2) is 110 Å². The van der Waals surface area contributed by atoms with E-state index in [1.807, 2.05) is 0 Å². The summed E-state index contributed by atoms with van der Waals surface area (Å²) in [6, 6.07) is 13.4. The zero-order chi connectivity index (χ0) is 36.4. The summed E-state index contributed by atoms with van der Waals surface area (Å²) in [6.07, 6.45) is 0. The first kappa shape index (κ1) is 32.8. The molecule has 15 nitrogen and oxygen atoms in total. The molecule has 4 aromatic heterocycles. The number of nitrogen functional groups attached to an aromatic ring is 1. The molecule has 18 heteroatoms. The van der Waals surface area contributed by atoms with E-state index in [4.69, 9.17) is 23.4 Å². The predicted octanol–water partition coefficient (Wildman–Crippen LogP) is 4.27. The summed E-state index contributed by atoms with van der Waals surface area (Å²) in [5, 5.41) is -1.19. The maximum atomic E-state index is 15.7. The lowest BCUT2D eigenvalue weighted by atomic mass is 10.1. The van der Waals surface area contributed by atoms with E-state index in [0.29, 0.717) is 28.2 Å². The highest BCUT2D eigenvalue weighted by Gasteiger charge is 2.32. The van der Waals surface area contributed by atoms with Gasteiger partial charge in [0.2, 0.25) is 32.9 Å². The predicted molar refractivity (Wildman–Crippen MR) is 179 cm³/mol. The molecule has 0 aliphatic heterocycles. The summed E-state index contributed by atoms with van der Waals surface area (Å²) in [5.41, 5.74) is -4.19. The van der Waals surface area contributed by atoms with E-state index >= 15 is 8.78 Å². The largest absolute Gasteiger partial charge is 0.419 e. The van der Waals surface area contributed by atoms with E-state index in [2.05, 4.69) is 9.97 Å². The molecule has 0 radical (unpaired) electrons. The molecule has 0 saturated heterocycles. The van der Waals surface area contributed by atoms with Crippen molar-refractivity contribution in [2.24, 2.45) is 0 Å². The average molecular weight is 718 g/mol. The molecule has 0 unspecified atom stereocenters. The van der Waals surface area contributed by atoms with Crippen molar-refractivity contribution in [2.75, 3.05) is 5.73 Å². The van der Waals surface area contributed by atoms with E-state index < -0.39 is 106 Å². The van der Waals surface area contributed by atoms with Crippen LogP contribution < -0.4 is 28.2 Å². The summed E-state index contributed by atoms with van der Waals surface area (Å²) in [6.45, 7) is 2.63. The molecule has 2 bridgehead atoms. The third kappa shape index (κ3) is 5.37. The van der Waals surface area contributed by atoms with E-state index in [1.54, 1.807) is 18.2 Å². The van der Waals surface area contributed by atoms with Crippen LogP contribution in [0.4, 0.5) is 14.7 Å². The second-order valence-corrected chi connectivity index (χ2v) is 13.4. The Morgan fingerprint density at radius 2 is 1.24 bits per heavy atom. The van der Waals surface area contributed by atoms with Crippen molar-refractivity contribution >= 4 is 55.0 Å². The molecule has 2 N–H and O–H groups in total. The van der Waals surface area contributed by atoms with Crippen molar-refractivity contribution in [3.63, 3.8) is 0 Å². The van der Waals surface area contributed by atoms with Gasteiger partial charge < -0.3 is 23.4 Å². The molecule has 0 aliphatic rings. The molecule has 0 saturated carbocycles. The number of fused-ring (bicyclic) bond motifs is 9. The Labute approximate surface area is 281 Å². The highest BCUT2D eigenvalue weighted by atomic mass is 32.2. The minimum atomic E-state index is -4.52. The number of hydrogen-bond acceptors (Lipinski definition) is 13. The molecule has 0 atom stereocenters. The summed E-state index contributed by atoms with van der Waals surface area (Å²) in [7, 11) is -4.52. The second kappa shape index (κ2) is 12.0. The number of imidazole rings is 2. The molecule has 0 amide bonds. The highest BCUT2D eigenvalue weighted by molar-refractivity contribution is 7.90. The molecule has 4 heterocycles. The SMILES string of the molecule is CC(C)S(=O)(=O)n1c(N)nc2c3oc(=O)ccc(=O)oc3c3c(oc(=O)ccc(=O)oc4nc(-c5c(F)cccc5F)n3c4-c3ccccc3)c21. The van der Waals surface area contributed by atoms with Gasteiger partial charge in [0.05, 0.1) is 10.8 Å². The van der Waals surface area contributed by atoms with Gasteiger partial charge in [-0.25, -0.2) is 45.3 Å². The molecular weight excluding hydrogens is 696 g/mol. The molecule has 51 heavy (non-hydrogen) atoms. The second-order valence-electron chi connectivity index (χ2n) is 11.1. The van der Waals surface area contributed by atoms with Crippen LogP contribution in [0.25, 0.3) is 61.7 Å². The van der Waals surface area contributed by atoms with Crippen molar-refractivity contribution in [2.45, 2.75) is 19.1 Å². The number of rotatable bonds is 4. The number of hydrogen-bond donors (Lipinski definition) is 1. The highest BCUT2D eigenvalue weighted by Crippen LogP contribution is 2.40. The fourth-order valence-electron chi connectivity index (χ4n) is 5.39. The average Bonchev–Trinajstić information content (AvgIpc) is 3.61. The standard InChI is InChI=1S/C33H21F2N5O10S/c1-15(2)51(45,46)40-26-24(37-33(40)36)28-30(49-21(43)12-11-19(41)47-28)27-29(26)48-20(42)13-14-22(44)50-32-25(16-7-4-3-5-8-16)39(27)31(38-32)23-17(34)9-6-10-18(23)35/h3-15H,1-2H3,(H2,36,37). The Bertz CT molecular complexity index is 3030. The van der Waals surface area contributed by atoms with E-state index in [1.165, 1.54) is 26.0 Å². The molecule has 0 aliphatic carbocycles. The van der Waals surface area contributed by atoms with Crippen LogP contribution in [0, 0.1) is 11.6 Å². The molecule has 3 aromatic carbocycles. The monoisotopic (exact) mass is 717 g/mol. The summed E-state index contributed by atoms with van der Waals surface area (Å²) in [5.74, 6) is -3.71. The molecule has 0 spiro atoms. The van der Waals surface area contributed by atoms with E-state index in [0.717, 1.165) is 22.6 Å². The number of nitrogens with zero attached hydrogens (tertiary/aromatic N) is 4. The minimum Gasteiger partial charge on any atom is -0.419 e. The van der Waals surface area contributed by atoms with Gasteiger partial charge in [-0.05, 0) is 26.0 Å². The van der Waals surface area contributed by atoms with Crippen LogP contribution in [0.5, 0.6) is 0 Å². The van der Waals surface area contributed by atoms with Gasteiger partial charge >= 0.3 is 22.5 Å². The van der Waals surface area contributed by atoms with Crippen molar-refractivity contribution in [1.29, 1.82) is 0 Å². The van der Waals surface area contributed by atoms with Gasteiger partial charge in [-0.15, -0.1) is 0 Å².